The normalized spacial score (nSPS) is 24.4. The number of nitrogens with zero attached hydrogens (tertiary/aromatic N) is 2. The number of benzene rings is 1. The summed E-state index contributed by atoms with van der Waals surface area (Å²) >= 11 is 12.7. The summed E-state index contributed by atoms with van der Waals surface area (Å²) in [4.78, 5) is 17.1. The highest BCUT2D eigenvalue weighted by atomic mass is 35.5. The summed E-state index contributed by atoms with van der Waals surface area (Å²) in [6.45, 7) is 1.30. The highest BCUT2D eigenvalue weighted by molar-refractivity contribution is 6.32. The van der Waals surface area contributed by atoms with Gasteiger partial charge in [-0.15, -0.1) is 11.6 Å². The van der Waals surface area contributed by atoms with Crippen molar-refractivity contribution < 1.29 is 9.53 Å². The second-order valence-electron chi connectivity index (χ2n) is 7.05. The fourth-order valence-electron chi connectivity index (χ4n) is 3.49. The van der Waals surface area contributed by atoms with Crippen LogP contribution in [0.5, 0.6) is 0 Å². The maximum Gasteiger partial charge on any atom is 0.251 e. The Kier molecular flexibility index (Phi) is 5.62. The van der Waals surface area contributed by atoms with E-state index in [0.29, 0.717) is 23.1 Å². The van der Waals surface area contributed by atoms with Gasteiger partial charge in [0.05, 0.1) is 28.6 Å². The van der Waals surface area contributed by atoms with Gasteiger partial charge in [0.2, 0.25) is 5.95 Å². The molecule has 2 N–H and O–H groups in total. The van der Waals surface area contributed by atoms with E-state index in [-0.39, 0.29) is 23.4 Å². The molecule has 1 aliphatic heterocycles. The number of hydrogen-bond donors (Lipinski definition) is 2. The Morgan fingerprint density at radius 3 is 3.04 bits per heavy atom. The van der Waals surface area contributed by atoms with E-state index in [1.54, 1.807) is 12.1 Å². The van der Waals surface area contributed by atoms with Gasteiger partial charge in [-0.2, -0.15) is 0 Å². The standard InChI is InChI=1S/C20H22Cl2N4O2/c1-26-17-8-7-12(19(27)23-11-13-4-3-9-28-13)10-16(17)24-20(26)25-18-14(21)5-2-6-15(18)22/h2,5-8,10,13-14,18H,3-4,9,11H2,1H3,(H,23,27)(H,24,25). The Labute approximate surface area is 173 Å². The lowest BCUT2D eigenvalue weighted by atomic mass is 10.1. The number of aromatic nitrogens is 2. The predicted octanol–water partition coefficient (Wildman–Crippen LogP) is 3.56. The van der Waals surface area contributed by atoms with E-state index in [0.717, 1.165) is 30.5 Å². The third-order valence-corrected chi connectivity index (χ3v) is 5.87. The van der Waals surface area contributed by atoms with Crippen molar-refractivity contribution in [1.29, 1.82) is 0 Å². The number of carbonyl (C=O) groups is 1. The first-order chi connectivity index (χ1) is 13.5. The molecule has 6 nitrogen and oxygen atoms in total. The second-order valence-corrected chi connectivity index (χ2v) is 7.99. The van der Waals surface area contributed by atoms with Crippen molar-refractivity contribution in [2.24, 2.45) is 7.05 Å². The smallest absolute Gasteiger partial charge is 0.251 e. The zero-order valence-electron chi connectivity index (χ0n) is 15.5. The zero-order valence-corrected chi connectivity index (χ0v) is 17.0. The number of alkyl halides is 1. The Morgan fingerprint density at radius 2 is 2.29 bits per heavy atom. The number of rotatable bonds is 5. The van der Waals surface area contributed by atoms with Gasteiger partial charge in [-0.25, -0.2) is 4.98 Å². The van der Waals surface area contributed by atoms with Crippen LogP contribution < -0.4 is 10.6 Å². The second kappa shape index (κ2) is 8.15. The molecule has 2 aromatic rings. The molecule has 0 radical (unpaired) electrons. The average molecular weight is 421 g/mol. The molecule has 1 fully saturated rings. The molecule has 0 bridgehead atoms. The van der Waals surface area contributed by atoms with E-state index < -0.39 is 0 Å². The summed E-state index contributed by atoms with van der Waals surface area (Å²) in [6.07, 6.45) is 7.69. The van der Waals surface area contributed by atoms with Crippen LogP contribution in [-0.2, 0) is 11.8 Å². The third kappa shape index (κ3) is 3.90. The summed E-state index contributed by atoms with van der Waals surface area (Å²) < 4.78 is 7.47. The van der Waals surface area contributed by atoms with Gasteiger partial charge in [-0.1, -0.05) is 23.8 Å². The molecule has 3 unspecified atom stereocenters. The van der Waals surface area contributed by atoms with E-state index in [2.05, 4.69) is 15.6 Å². The van der Waals surface area contributed by atoms with Gasteiger partial charge in [0, 0.05) is 30.8 Å². The number of halogens is 2. The third-order valence-electron chi connectivity index (χ3n) is 5.11. The largest absolute Gasteiger partial charge is 0.376 e. The molecule has 148 valence electrons. The van der Waals surface area contributed by atoms with Crippen molar-refractivity contribution in [3.8, 4) is 0 Å². The van der Waals surface area contributed by atoms with Gasteiger partial charge in [-0.05, 0) is 37.1 Å². The molecule has 3 atom stereocenters. The molecule has 1 aromatic heterocycles. The van der Waals surface area contributed by atoms with Crippen LogP contribution in [-0.4, -0.2) is 46.1 Å². The minimum absolute atomic E-state index is 0.115. The first-order valence-electron chi connectivity index (χ1n) is 9.33. The van der Waals surface area contributed by atoms with Crippen molar-refractivity contribution in [2.75, 3.05) is 18.5 Å². The maximum atomic E-state index is 12.5. The molecular formula is C20H22Cl2N4O2. The van der Waals surface area contributed by atoms with Gasteiger partial charge in [-0.3, -0.25) is 4.79 Å². The van der Waals surface area contributed by atoms with Crippen molar-refractivity contribution >= 4 is 46.1 Å². The summed E-state index contributed by atoms with van der Waals surface area (Å²) in [7, 11) is 1.91. The monoisotopic (exact) mass is 420 g/mol. The van der Waals surface area contributed by atoms with Crippen molar-refractivity contribution in [3.63, 3.8) is 0 Å². The van der Waals surface area contributed by atoms with Crippen LogP contribution in [0, 0.1) is 0 Å². The Hall–Kier alpha value is -2.02. The zero-order chi connectivity index (χ0) is 19.7. The number of aryl methyl sites for hydroxylation is 1. The lowest BCUT2D eigenvalue weighted by molar-refractivity contribution is 0.0858. The van der Waals surface area contributed by atoms with E-state index in [9.17, 15) is 4.79 Å². The van der Waals surface area contributed by atoms with E-state index in [4.69, 9.17) is 27.9 Å². The molecule has 8 heteroatoms. The number of allylic oxidation sites excluding steroid dienone is 2. The Balaban J connectivity index is 1.51. The van der Waals surface area contributed by atoms with E-state index in [1.165, 1.54) is 0 Å². The number of amides is 1. The van der Waals surface area contributed by atoms with Gasteiger partial charge >= 0.3 is 0 Å². The van der Waals surface area contributed by atoms with Gasteiger partial charge in [0.15, 0.2) is 0 Å². The summed E-state index contributed by atoms with van der Waals surface area (Å²) in [5.41, 5.74) is 2.21. The first-order valence-corrected chi connectivity index (χ1v) is 10.1. The predicted molar refractivity (Wildman–Crippen MR) is 112 cm³/mol. The number of hydrogen-bond acceptors (Lipinski definition) is 4. The Morgan fingerprint density at radius 1 is 1.43 bits per heavy atom. The van der Waals surface area contributed by atoms with Crippen molar-refractivity contribution in [1.82, 2.24) is 14.9 Å². The quantitative estimate of drug-likeness (QED) is 0.725. The molecule has 1 aliphatic carbocycles. The fraction of sp³-hybridized carbons (Fsp3) is 0.400. The molecule has 2 heterocycles. The minimum Gasteiger partial charge on any atom is -0.376 e. The number of ether oxygens (including phenoxy) is 1. The highest BCUT2D eigenvalue weighted by Crippen LogP contribution is 2.27. The maximum absolute atomic E-state index is 12.5. The average Bonchev–Trinajstić information content (AvgIpc) is 3.31. The molecule has 28 heavy (non-hydrogen) atoms. The van der Waals surface area contributed by atoms with Gasteiger partial charge in [0.25, 0.3) is 5.91 Å². The molecule has 0 saturated carbocycles. The molecule has 2 aliphatic rings. The SMILES string of the molecule is Cn1c(NC2C(Cl)=CC=CC2Cl)nc2cc(C(=O)NCC3CCCO3)ccc21. The fourth-order valence-corrected chi connectivity index (χ4v) is 4.10. The summed E-state index contributed by atoms with van der Waals surface area (Å²) in [5.74, 6) is 0.520. The van der Waals surface area contributed by atoms with Gasteiger partial charge in [0.1, 0.15) is 0 Å². The lowest BCUT2D eigenvalue weighted by Crippen LogP contribution is -2.31. The molecule has 4 rings (SSSR count). The number of imidazole rings is 1. The van der Waals surface area contributed by atoms with Crippen LogP contribution in [0.3, 0.4) is 0 Å². The van der Waals surface area contributed by atoms with E-state index >= 15 is 0 Å². The van der Waals surface area contributed by atoms with Crippen LogP contribution in [0.2, 0.25) is 0 Å². The molecule has 1 aromatic carbocycles. The minimum atomic E-state index is -0.267. The number of fused-ring (bicyclic) bond motifs is 1. The van der Waals surface area contributed by atoms with Crippen LogP contribution in [0.4, 0.5) is 5.95 Å². The summed E-state index contributed by atoms with van der Waals surface area (Å²) in [5, 5.41) is 6.60. The molecule has 0 spiro atoms. The first kappa shape index (κ1) is 19.3. The molecule has 1 amide bonds. The topological polar surface area (TPSA) is 68.2 Å². The van der Waals surface area contributed by atoms with Crippen molar-refractivity contribution in [3.05, 3.63) is 47.0 Å². The summed E-state index contributed by atoms with van der Waals surface area (Å²) in [6, 6.07) is 5.24. The number of carbonyl (C=O) groups excluding carboxylic acids is 1. The number of anilines is 1. The molecular weight excluding hydrogens is 399 g/mol. The Bertz CT molecular complexity index is 947. The number of nitrogens with one attached hydrogen (secondary N) is 2. The molecule has 1 saturated heterocycles. The van der Waals surface area contributed by atoms with Gasteiger partial charge < -0.3 is 19.9 Å². The van der Waals surface area contributed by atoms with E-state index in [1.807, 2.05) is 35.9 Å². The van der Waals surface area contributed by atoms with Crippen LogP contribution in [0.25, 0.3) is 11.0 Å². The van der Waals surface area contributed by atoms with Crippen LogP contribution >= 0.6 is 23.2 Å². The lowest BCUT2D eigenvalue weighted by Gasteiger charge is -2.23. The van der Waals surface area contributed by atoms with Crippen LogP contribution in [0.1, 0.15) is 23.2 Å². The van der Waals surface area contributed by atoms with Crippen molar-refractivity contribution in [2.45, 2.75) is 30.4 Å². The highest BCUT2D eigenvalue weighted by Gasteiger charge is 2.24. The van der Waals surface area contributed by atoms with Crippen LogP contribution in [0.15, 0.2) is 41.5 Å².